The second-order valence-corrected chi connectivity index (χ2v) is 8.32. The Kier molecular flexibility index (Phi) is 11.6. The van der Waals surface area contributed by atoms with Crippen molar-refractivity contribution in [1.29, 1.82) is 0 Å². The second-order valence-electron chi connectivity index (χ2n) is 8.32. The minimum absolute atomic E-state index is 0.106. The van der Waals surface area contributed by atoms with Crippen LogP contribution in [0.2, 0.25) is 0 Å². The first-order valence-electron chi connectivity index (χ1n) is 10.5. The van der Waals surface area contributed by atoms with Crippen LogP contribution >= 0.6 is 0 Å². The fourth-order valence-electron chi connectivity index (χ4n) is 3.43. The summed E-state index contributed by atoms with van der Waals surface area (Å²) in [5.41, 5.74) is 5.33. The molecule has 0 spiro atoms. The molecule has 0 unspecified atom stereocenters. The molecule has 0 fully saturated rings. The Labute approximate surface area is 177 Å². The summed E-state index contributed by atoms with van der Waals surface area (Å²) in [7, 11) is 1.63. The molecular weight excluding hydrogens is 362 g/mol. The lowest BCUT2D eigenvalue weighted by Crippen LogP contribution is -2.26. The quantitative estimate of drug-likeness (QED) is 0.290. The first-order valence-corrected chi connectivity index (χ1v) is 10.5. The maximum absolute atomic E-state index is 11.9. The monoisotopic (exact) mass is 401 g/mol. The third-order valence-electron chi connectivity index (χ3n) is 5.11. The zero-order chi connectivity index (χ0) is 21.7. The molecule has 1 amide bonds. The Morgan fingerprint density at radius 2 is 1.90 bits per heavy atom. The molecular formula is C25H39NO3. The average molecular weight is 402 g/mol. The minimum Gasteiger partial charge on any atom is -0.382 e. The van der Waals surface area contributed by atoms with Crippen LogP contribution in [0, 0.1) is 5.41 Å². The molecule has 0 aliphatic heterocycles. The van der Waals surface area contributed by atoms with E-state index in [0.717, 1.165) is 5.57 Å². The first-order chi connectivity index (χ1) is 13.8. The van der Waals surface area contributed by atoms with Gasteiger partial charge in [-0.3, -0.25) is 4.79 Å². The SMILES string of the molecule is COCCOCCNC(=O)/C=C(C)/C=C/C=C(C)/C=C/C1=C(C)CCCC1(C)C. The molecule has 4 heteroatoms. The van der Waals surface area contributed by atoms with Crippen molar-refractivity contribution in [2.75, 3.05) is 33.5 Å². The van der Waals surface area contributed by atoms with Gasteiger partial charge >= 0.3 is 0 Å². The predicted molar refractivity (Wildman–Crippen MR) is 122 cm³/mol. The van der Waals surface area contributed by atoms with Gasteiger partial charge in [-0.05, 0) is 56.6 Å². The lowest BCUT2D eigenvalue weighted by Gasteiger charge is -2.32. The van der Waals surface area contributed by atoms with Crippen LogP contribution in [-0.4, -0.2) is 39.4 Å². The molecule has 1 aliphatic rings. The maximum atomic E-state index is 11.9. The normalized spacial score (nSPS) is 18.1. The highest BCUT2D eigenvalue weighted by Crippen LogP contribution is 2.40. The Bertz CT molecular complexity index is 678. The summed E-state index contributed by atoms with van der Waals surface area (Å²) in [5, 5.41) is 2.81. The van der Waals surface area contributed by atoms with E-state index in [4.69, 9.17) is 9.47 Å². The molecule has 1 aliphatic carbocycles. The fraction of sp³-hybridized carbons (Fsp3) is 0.560. The summed E-state index contributed by atoms with van der Waals surface area (Å²) >= 11 is 0. The van der Waals surface area contributed by atoms with Crippen molar-refractivity contribution in [2.45, 2.75) is 53.9 Å². The van der Waals surface area contributed by atoms with Gasteiger partial charge in [-0.25, -0.2) is 0 Å². The van der Waals surface area contributed by atoms with Crippen LogP contribution in [0.3, 0.4) is 0 Å². The van der Waals surface area contributed by atoms with Crippen molar-refractivity contribution in [3.8, 4) is 0 Å². The summed E-state index contributed by atoms with van der Waals surface area (Å²) in [6, 6.07) is 0. The number of ether oxygens (including phenoxy) is 2. The second kappa shape index (κ2) is 13.3. The van der Waals surface area contributed by atoms with Crippen molar-refractivity contribution >= 4 is 5.91 Å². The van der Waals surface area contributed by atoms with E-state index < -0.39 is 0 Å². The van der Waals surface area contributed by atoms with E-state index in [0.29, 0.717) is 26.4 Å². The first kappa shape index (κ1) is 25.1. The van der Waals surface area contributed by atoms with E-state index in [1.165, 1.54) is 36.0 Å². The van der Waals surface area contributed by atoms with Crippen LogP contribution in [0.15, 0.2) is 58.7 Å². The van der Waals surface area contributed by atoms with Crippen LogP contribution in [0.1, 0.15) is 53.9 Å². The highest BCUT2D eigenvalue weighted by atomic mass is 16.5. The molecule has 0 heterocycles. The molecule has 0 saturated carbocycles. The third-order valence-corrected chi connectivity index (χ3v) is 5.11. The number of rotatable bonds is 11. The van der Waals surface area contributed by atoms with Crippen LogP contribution in [0.25, 0.3) is 0 Å². The Balaban J connectivity index is 2.50. The molecule has 0 bridgehead atoms. The van der Waals surface area contributed by atoms with E-state index >= 15 is 0 Å². The zero-order valence-electron chi connectivity index (χ0n) is 19.1. The Morgan fingerprint density at radius 1 is 1.14 bits per heavy atom. The maximum Gasteiger partial charge on any atom is 0.244 e. The predicted octanol–water partition coefficient (Wildman–Crippen LogP) is 5.30. The molecule has 0 aromatic rings. The summed E-state index contributed by atoms with van der Waals surface area (Å²) in [5.74, 6) is -0.106. The van der Waals surface area contributed by atoms with Gasteiger partial charge in [0.25, 0.3) is 0 Å². The van der Waals surface area contributed by atoms with E-state index in [2.05, 4.69) is 51.2 Å². The van der Waals surface area contributed by atoms with Gasteiger partial charge in [-0.2, -0.15) is 0 Å². The highest BCUT2D eigenvalue weighted by molar-refractivity contribution is 5.88. The van der Waals surface area contributed by atoms with Crippen molar-refractivity contribution in [3.05, 3.63) is 58.7 Å². The molecule has 0 aromatic carbocycles. The number of amides is 1. The summed E-state index contributed by atoms with van der Waals surface area (Å²) in [4.78, 5) is 11.9. The minimum atomic E-state index is -0.106. The van der Waals surface area contributed by atoms with Crippen molar-refractivity contribution in [3.63, 3.8) is 0 Å². The van der Waals surface area contributed by atoms with Crippen LogP contribution in [0.4, 0.5) is 0 Å². The number of methoxy groups -OCH3 is 1. The largest absolute Gasteiger partial charge is 0.382 e. The highest BCUT2D eigenvalue weighted by Gasteiger charge is 2.26. The van der Waals surface area contributed by atoms with Gasteiger partial charge in [0.15, 0.2) is 0 Å². The zero-order valence-corrected chi connectivity index (χ0v) is 19.1. The number of allylic oxidation sites excluding steroid dienone is 9. The lowest BCUT2D eigenvalue weighted by atomic mass is 9.72. The lowest BCUT2D eigenvalue weighted by molar-refractivity contribution is -0.116. The van der Waals surface area contributed by atoms with Crippen molar-refractivity contribution in [2.24, 2.45) is 5.41 Å². The van der Waals surface area contributed by atoms with Crippen molar-refractivity contribution in [1.82, 2.24) is 5.32 Å². The van der Waals surface area contributed by atoms with Gasteiger partial charge in [0.2, 0.25) is 5.91 Å². The van der Waals surface area contributed by atoms with E-state index in [-0.39, 0.29) is 11.3 Å². The van der Waals surface area contributed by atoms with Crippen LogP contribution < -0.4 is 5.32 Å². The van der Waals surface area contributed by atoms with Crippen molar-refractivity contribution < 1.29 is 14.3 Å². The summed E-state index contributed by atoms with van der Waals surface area (Å²) in [6.07, 6.45) is 15.8. The molecule has 0 radical (unpaired) electrons. The third kappa shape index (κ3) is 10.4. The smallest absolute Gasteiger partial charge is 0.244 e. The molecule has 29 heavy (non-hydrogen) atoms. The molecule has 0 atom stereocenters. The Hall–Kier alpha value is -1.91. The van der Waals surface area contributed by atoms with Gasteiger partial charge in [0, 0.05) is 19.7 Å². The number of nitrogens with one attached hydrogen (secondary N) is 1. The van der Waals surface area contributed by atoms with Crippen LogP contribution in [-0.2, 0) is 14.3 Å². The van der Waals surface area contributed by atoms with E-state index in [1.54, 1.807) is 13.2 Å². The van der Waals surface area contributed by atoms with Gasteiger partial charge in [-0.15, -0.1) is 0 Å². The summed E-state index contributed by atoms with van der Waals surface area (Å²) in [6.45, 7) is 13.0. The molecule has 4 nitrogen and oxygen atoms in total. The number of carbonyl (C=O) groups is 1. The van der Waals surface area contributed by atoms with E-state index in [1.807, 2.05) is 19.1 Å². The van der Waals surface area contributed by atoms with Gasteiger partial charge < -0.3 is 14.8 Å². The molecule has 1 rings (SSSR count). The molecule has 1 N–H and O–H groups in total. The molecule has 162 valence electrons. The van der Waals surface area contributed by atoms with Gasteiger partial charge in [0.05, 0.1) is 19.8 Å². The van der Waals surface area contributed by atoms with Gasteiger partial charge in [-0.1, -0.05) is 55.4 Å². The standard InChI is InChI=1S/C25H39NO3/c1-20(12-13-23-22(3)11-8-14-25(23,4)5)9-7-10-21(2)19-24(27)26-15-16-29-18-17-28-6/h7,9-10,12-13,19H,8,11,14-18H2,1-6H3,(H,26,27)/b10-7+,13-12+,20-9+,21-19+. The fourth-order valence-corrected chi connectivity index (χ4v) is 3.43. The molecule has 0 saturated heterocycles. The van der Waals surface area contributed by atoms with Gasteiger partial charge in [0.1, 0.15) is 0 Å². The summed E-state index contributed by atoms with van der Waals surface area (Å²) < 4.78 is 10.2. The number of hydrogen-bond donors (Lipinski definition) is 1. The van der Waals surface area contributed by atoms with E-state index in [9.17, 15) is 4.79 Å². The molecule has 0 aromatic heterocycles. The van der Waals surface area contributed by atoms with Crippen LogP contribution in [0.5, 0.6) is 0 Å². The Morgan fingerprint density at radius 3 is 2.59 bits per heavy atom. The number of hydrogen-bond acceptors (Lipinski definition) is 3. The average Bonchev–Trinajstić information content (AvgIpc) is 2.63. The topological polar surface area (TPSA) is 47.6 Å². The number of carbonyl (C=O) groups excluding carboxylic acids is 1.